The van der Waals surface area contributed by atoms with Crippen molar-refractivity contribution >= 4 is 23.4 Å². The average Bonchev–Trinajstić information content (AvgIpc) is 3.36. The largest absolute Gasteiger partial charge is 0.464 e. The third kappa shape index (κ3) is 5.61. The summed E-state index contributed by atoms with van der Waals surface area (Å²) in [6.45, 7) is 2.80. The smallest absolute Gasteiger partial charge is 0.360 e. The van der Waals surface area contributed by atoms with Crippen LogP contribution in [0.5, 0.6) is 0 Å². The summed E-state index contributed by atoms with van der Waals surface area (Å²) >= 11 is 1.41. The van der Waals surface area contributed by atoms with E-state index in [1.54, 1.807) is 14.0 Å². The van der Waals surface area contributed by atoms with Gasteiger partial charge in [-0.05, 0) is 48.4 Å². The van der Waals surface area contributed by atoms with Crippen LogP contribution in [0, 0.1) is 5.82 Å². The van der Waals surface area contributed by atoms with Crippen LogP contribution in [0.3, 0.4) is 0 Å². The summed E-state index contributed by atoms with van der Waals surface area (Å²) in [7, 11) is 2.92. The zero-order chi connectivity index (χ0) is 25.7. The number of halogens is 1. The van der Waals surface area contributed by atoms with Crippen LogP contribution in [-0.2, 0) is 26.2 Å². The molecule has 2 aromatic carbocycles. The van der Waals surface area contributed by atoms with Crippen molar-refractivity contribution in [3.8, 4) is 0 Å². The Morgan fingerprint density at radius 1 is 1.17 bits per heavy atom. The zero-order valence-electron chi connectivity index (χ0n) is 20.2. The summed E-state index contributed by atoms with van der Waals surface area (Å²) in [4.78, 5) is 13.3. The standard InChI is InChI=1S/C26H27FN2O6S/c1-16(28-31)23-5-4-21(11-17(23)10-20-15-24(29-35-20)25(30)32-2)36-22-13-18(12-19(27)14-22)26(33-3)6-8-34-9-7-26/h4-5,11-15,31H,6-10H2,1-3H3/b28-16+. The summed E-state index contributed by atoms with van der Waals surface area (Å²) in [6, 6.07) is 12.1. The highest BCUT2D eigenvalue weighted by Crippen LogP contribution is 2.39. The topological polar surface area (TPSA) is 103 Å². The molecule has 10 heteroatoms. The minimum atomic E-state index is -0.595. The van der Waals surface area contributed by atoms with Gasteiger partial charge in [0.1, 0.15) is 11.6 Å². The van der Waals surface area contributed by atoms with Gasteiger partial charge in [0.25, 0.3) is 0 Å². The summed E-state index contributed by atoms with van der Waals surface area (Å²) in [5, 5.41) is 16.4. The molecule has 0 bridgehead atoms. The van der Waals surface area contributed by atoms with E-state index in [-0.39, 0.29) is 11.5 Å². The fourth-order valence-electron chi connectivity index (χ4n) is 4.30. The summed E-state index contributed by atoms with van der Waals surface area (Å²) < 4.78 is 36.0. The lowest BCUT2D eigenvalue weighted by molar-refractivity contribution is -0.0950. The normalized spacial score (nSPS) is 15.6. The van der Waals surface area contributed by atoms with Crippen molar-refractivity contribution in [3.05, 3.63) is 76.4 Å². The van der Waals surface area contributed by atoms with Gasteiger partial charge in [0.15, 0.2) is 5.69 Å². The van der Waals surface area contributed by atoms with E-state index < -0.39 is 11.6 Å². The van der Waals surface area contributed by atoms with Gasteiger partial charge >= 0.3 is 5.97 Å². The minimum absolute atomic E-state index is 0.0691. The Morgan fingerprint density at radius 2 is 1.94 bits per heavy atom. The van der Waals surface area contributed by atoms with Crippen LogP contribution in [0.15, 0.2) is 61.9 Å². The monoisotopic (exact) mass is 514 g/mol. The highest BCUT2D eigenvalue weighted by Gasteiger charge is 2.35. The Morgan fingerprint density at radius 3 is 2.64 bits per heavy atom. The molecule has 1 aromatic heterocycles. The number of aromatic nitrogens is 1. The highest BCUT2D eigenvalue weighted by molar-refractivity contribution is 7.99. The van der Waals surface area contributed by atoms with Gasteiger partial charge in [-0.25, -0.2) is 9.18 Å². The average molecular weight is 515 g/mol. The molecule has 0 radical (unpaired) electrons. The second-order valence-electron chi connectivity index (χ2n) is 8.44. The number of carbonyl (C=O) groups excluding carboxylic acids is 1. The van der Waals surface area contributed by atoms with E-state index in [1.165, 1.54) is 37.1 Å². The van der Waals surface area contributed by atoms with Crippen LogP contribution in [0.25, 0.3) is 0 Å². The molecule has 1 aliphatic rings. The van der Waals surface area contributed by atoms with Gasteiger partial charge < -0.3 is 23.9 Å². The second kappa shape index (κ2) is 11.2. The third-order valence-corrected chi connectivity index (χ3v) is 7.22. The first-order valence-corrected chi connectivity index (χ1v) is 12.2. The number of esters is 1. The van der Waals surface area contributed by atoms with Crippen molar-refractivity contribution < 1.29 is 33.1 Å². The predicted molar refractivity (Wildman–Crippen MR) is 130 cm³/mol. The molecule has 1 fully saturated rings. The highest BCUT2D eigenvalue weighted by atomic mass is 32.2. The molecule has 2 heterocycles. The maximum Gasteiger partial charge on any atom is 0.360 e. The molecular weight excluding hydrogens is 487 g/mol. The van der Waals surface area contributed by atoms with Crippen molar-refractivity contribution in [1.29, 1.82) is 0 Å². The number of nitrogens with zero attached hydrogens (tertiary/aromatic N) is 2. The Labute approximate surface area is 212 Å². The lowest BCUT2D eigenvalue weighted by Gasteiger charge is -2.36. The van der Waals surface area contributed by atoms with E-state index in [0.29, 0.717) is 49.5 Å². The summed E-state index contributed by atoms with van der Waals surface area (Å²) in [6.07, 6.45) is 1.60. The van der Waals surface area contributed by atoms with Crippen molar-refractivity contribution in [2.24, 2.45) is 5.16 Å². The molecule has 0 aliphatic carbocycles. The molecule has 1 N–H and O–H groups in total. The Bertz CT molecular complexity index is 1270. The van der Waals surface area contributed by atoms with Crippen molar-refractivity contribution in [2.45, 2.75) is 41.6 Å². The maximum atomic E-state index is 14.7. The zero-order valence-corrected chi connectivity index (χ0v) is 21.1. The number of rotatable bonds is 8. The molecule has 3 aromatic rings. The van der Waals surface area contributed by atoms with Crippen LogP contribution >= 0.6 is 11.8 Å². The minimum Gasteiger partial charge on any atom is -0.464 e. The van der Waals surface area contributed by atoms with E-state index in [2.05, 4.69) is 15.0 Å². The molecule has 36 heavy (non-hydrogen) atoms. The number of carbonyl (C=O) groups is 1. The first-order chi connectivity index (χ1) is 17.4. The maximum absolute atomic E-state index is 14.7. The molecule has 1 saturated heterocycles. The lowest BCUT2D eigenvalue weighted by Crippen LogP contribution is -2.35. The molecular formula is C26H27FN2O6S. The van der Waals surface area contributed by atoms with E-state index in [4.69, 9.17) is 14.0 Å². The Hall–Kier alpha value is -3.21. The fraction of sp³-hybridized carbons (Fsp3) is 0.346. The first-order valence-electron chi connectivity index (χ1n) is 11.3. The number of benzene rings is 2. The number of methoxy groups -OCH3 is 2. The molecule has 0 amide bonds. The molecule has 190 valence electrons. The lowest BCUT2D eigenvalue weighted by atomic mass is 9.86. The van der Waals surface area contributed by atoms with E-state index in [1.807, 2.05) is 24.3 Å². The number of hydrogen-bond donors (Lipinski definition) is 1. The third-order valence-electron chi connectivity index (χ3n) is 6.26. The number of hydrogen-bond acceptors (Lipinski definition) is 9. The van der Waals surface area contributed by atoms with E-state index in [9.17, 15) is 14.4 Å². The summed E-state index contributed by atoms with van der Waals surface area (Å²) in [5.41, 5.74) is 2.19. The van der Waals surface area contributed by atoms with Crippen LogP contribution in [0.1, 0.15) is 52.7 Å². The molecule has 8 nitrogen and oxygen atoms in total. The SMILES string of the molecule is COC(=O)c1cc(Cc2cc(Sc3cc(F)cc(C4(OC)CCOCC4)c3)ccc2/C(C)=N/O)on1. The van der Waals surface area contributed by atoms with Crippen molar-refractivity contribution in [3.63, 3.8) is 0 Å². The molecule has 0 spiro atoms. The fourth-order valence-corrected chi connectivity index (χ4v) is 5.27. The van der Waals surface area contributed by atoms with E-state index in [0.717, 1.165) is 20.9 Å². The second-order valence-corrected chi connectivity index (χ2v) is 9.59. The molecule has 0 atom stereocenters. The summed E-state index contributed by atoms with van der Waals surface area (Å²) in [5.74, 6) is -0.489. The van der Waals surface area contributed by atoms with Crippen molar-refractivity contribution in [2.75, 3.05) is 27.4 Å². The van der Waals surface area contributed by atoms with Gasteiger partial charge in [-0.15, -0.1) is 0 Å². The number of oxime groups is 1. The van der Waals surface area contributed by atoms with Gasteiger partial charge in [-0.2, -0.15) is 0 Å². The van der Waals surface area contributed by atoms with E-state index >= 15 is 0 Å². The molecule has 0 saturated carbocycles. The first kappa shape index (κ1) is 25.9. The van der Waals surface area contributed by atoms with Gasteiger partial charge in [0.05, 0.1) is 18.4 Å². The Balaban J connectivity index is 1.65. The van der Waals surface area contributed by atoms with Gasteiger partial charge in [0, 0.05) is 61.0 Å². The molecule has 4 rings (SSSR count). The van der Waals surface area contributed by atoms with Crippen LogP contribution in [0.4, 0.5) is 4.39 Å². The van der Waals surface area contributed by atoms with Crippen molar-refractivity contribution in [1.82, 2.24) is 5.16 Å². The van der Waals surface area contributed by atoms with Crippen LogP contribution in [-0.4, -0.2) is 49.5 Å². The number of ether oxygens (including phenoxy) is 3. The van der Waals surface area contributed by atoms with Gasteiger partial charge in [-0.1, -0.05) is 28.1 Å². The molecule has 1 aliphatic heterocycles. The van der Waals surface area contributed by atoms with Gasteiger partial charge in [-0.3, -0.25) is 0 Å². The molecule has 0 unspecified atom stereocenters. The van der Waals surface area contributed by atoms with Crippen LogP contribution in [0.2, 0.25) is 0 Å². The predicted octanol–water partition coefficient (Wildman–Crippen LogP) is 5.19. The van der Waals surface area contributed by atoms with Gasteiger partial charge in [0.2, 0.25) is 0 Å². The quantitative estimate of drug-likeness (QED) is 0.190. The van der Waals surface area contributed by atoms with Crippen LogP contribution < -0.4 is 0 Å². The Kier molecular flexibility index (Phi) is 8.07.